The molecule has 13 heavy (non-hydrogen) atoms. The van der Waals surface area contributed by atoms with Crippen LogP contribution in [-0.2, 0) is 4.74 Å². The maximum absolute atomic E-state index is 5.55. The van der Waals surface area contributed by atoms with Crippen LogP contribution >= 0.6 is 11.6 Å². The van der Waals surface area contributed by atoms with Crippen molar-refractivity contribution in [3.8, 4) is 11.8 Å². The molecule has 2 heteroatoms. The van der Waals surface area contributed by atoms with E-state index in [4.69, 9.17) is 16.3 Å². The van der Waals surface area contributed by atoms with E-state index in [-0.39, 0.29) is 6.10 Å². The third-order valence-corrected chi connectivity index (χ3v) is 1.89. The lowest BCUT2D eigenvalue weighted by atomic mass is 10.2. The third kappa shape index (κ3) is 4.77. The minimum absolute atomic E-state index is 0.197. The van der Waals surface area contributed by atoms with Gasteiger partial charge in [0.15, 0.2) is 0 Å². The molecule has 0 bridgehead atoms. The fourth-order valence-electron chi connectivity index (χ4n) is 1.05. The molecule has 1 aliphatic carbocycles. The van der Waals surface area contributed by atoms with Gasteiger partial charge in [-0.1, -0.05) is 24.0 Å². The quantitative estimate of drug-likeness (QED) is 0.382. The van der Waals surface area contributed by atoms with E-state index in [2.05, 4.69) is 11.8 Å². The lowest BCUT2D eigenvalue weighted by Crippen LogP contribution is -2.08. The molecule has 1 atom stereocenters. The second kappa shape index (κ2) is 6.77. The Balaban J connectivity index is 2.19. The summed E-state index contributed by atoms with van der Waals surface area (Å²) in [5, 5.41) is 0. The Bertz CT molecular complexity index is 245. The van der Waals surface area contributed by atoms with Crippen LogP contribution in [0.5, 0.6) is 0 Å². The number of halogens is 1. The summed E-state index contributed by atoms with van der Waals surface area (Å²) >= 11 is 5.47. The summed E-state index contributed by atoms with van der Waals surface area (Å²) in [5.74, 6) is 6.50. The minimum Gasteiger partial charge on any atom is -0.370 e. The van der Waals surface area contributed by atoms with Gasteiger partial charge in [-0.3, -0.25) is 0 Å². The predicted octanol–water partition coefficient (Wildman–Crippen LogP) is 2.52. The molecule has 0 radical (unpaired) electrons. The van der Waals surface area contributed by atoms with Gasteiger partial charge in [0, 0.05) is 12.3 Å². The highest BCUT2D eigenvalue weighted by Crippen LogP contribution is 2.06. The highest BCUT2D eigenvalue weighted by Gasteiger charge is 2.03. The Labute approximate surface area is 84.4 Å². The van der Waals surface area contributed by atoms with Crippen molar-refractivity contribution in [1.29, 1.82) is 0 Å². The van der Waals surface area contributed by atoms with Crippen LogP contribution in [0.2, 0.25) is 0 Å². The van der Waals surface area contributed by atoms with Crippen molar-refractivity contribution in [3.63, 3.8) is 0 Å². The van der Waals surface area contributed by atoms with Gasteiger partial charge < -0.3 is 4.74 Å². The first-order valence-corrected chi connectivity index (χ1v) is 4.94. The highest BCUT2D eigenvalue weighted by molar-refractivity contribution is 6.18. The van der Waals surface area contributed by atoms with Crippen LogP contribution in [0.1, 0.15) is 12.8 Å². The molecular weight excluding hydrogens is 184 g/mol. The molecule has 0 N–H and O–H groups in total. The summed E-state index contributed by atoms with van der Waals surface area (Å²) in [7, 11) is 0. The van der Waals surface area contributed by atoms with Gasteiger partial charge in [-0.2, -0.15) is 0 Å². The van der Waals surface area contributed by atoms with Gasteiger partial charge in [-0.25, -0.2) is 0 Å². The standard InChI is InChI=1S/C11H13ClO/c12-9-5-6-10-13-11-7-3-1-2-4-8-11/h3,5-7,11H,4,8-10H2/b6-5+. The number of ether oxygens (including phenoxy) is 1. The van der Waals surface area contributed by atoms with Crippen molar-refractivity contribution in [2.24, 2.45) is 0 Å². The van der Waals surface area contributed by atoms with Crippen molar-refractivity contribution in [2.45, 2.75) is 18.9 Å². The van der Waals surface area contributed by atoms with Crippen molar-refractivity contribution in [3.05, 3.63) is 24.3 Å². The Hall–Kier alpha value is -0.710. The average Bonchev–Trinajstić information content (AvgIpc) is 2.41. The van der Waals surface area contributed by atoms with E-state index in [0.29, 0.717) is 12.5 Å². The van der Waals surface area contributed by atoms with E-state index in [1.165, 1.54) is 0 Å². The minimum atomic E-state index is 0.197. The van der Waals surface area contributed by atoms with E-state index in [0.717, 1.165) is 12.8 Å². The van der Waals surface area contributed by atoms with Crippen LogP contribution < -0.4 is 0 Å². The zero-order valence-corrected chi connectivity index (χ0v) is 8.26. The number of allylic oxidation sites excluding steroid dienone is 2. The number of alkyl halides is 1. The fourth-order valence-corrected chi connectivity index (χ4v) is 1.17. The second-order valence-corrected chi connectivity index (χ2v) is 3.03. The van der Waals surface area contributed by atoms with Gasteiger partial charge in [0.1, 0.15) is 0 Å². The summed E-state index contributed by atoms with van der Waals surface area (Å²) in [6.45, 7) is 0.627. The van der Waals surface area contributed by atoms with E-state index in [9.17, 15) is 0 Å². The summed E-state index contributed by atoms with van der Waals surface area (Å²) in [4.78, 5) is 0. The zero-order valence-electron chi connectivity index (χ0n) is 7.50. The van der Waals surface area contributed by atoms with Crippen molar-refractivity contribution in [2.75, 3.05) is 12.5 Å². The average molecular weight is 197 g/mol. The third-order valence-electron chi connectivity index (χ3n) is 1.71. The Morgan fingerprint density at radius 1 is 1.54 bits per heavy atom. The van der Waals surface area contributed by atoms with Gasteiger partial charge in [0.05, 0.1) is 12.7 Å². The van der Waals surface area contributed by atoms with Crippen LogP contribution in [0.4, 0.5) is 0 Å². The lowest BCUT2D eigenvalue weighted by Gasteiger charge is -2.09. The molecule has 0 aromatic carbocycles. The van der Waals surface area contributed by atoms with Gasteiger partial charge in [-0.05, 0) is 18.6 Å². The number of rotatable bonds is 4. The van der Waals surface area contributed by atoms with Crippen molar-refractivity contribution < 1.29 is 4.74 Å². The fraction of sp³-hybridized carbons (Fsp3) is 0.455. The van der Waals surface area contributed by atoms with E-state index in [1.54, 1.807) is 0 Å². The van der Waals surface area contributed by atoms with Crippen LogP contribution in [0.3, 0.4) is 0 Å². The highest BCUT2D eigenvalue weighted by atomic mass is 35.5. The summed E-state index contributed by atoms with van der Waals surface area (Å²) in [6.07, 6.45) is 9.79. The zero-order chi connectivity index (χ0) is 9.36. The first-order valence-electron chi connectivity index (χ1n) is 4.41. The van der Waals surface area contributed by atoms with Crippen LogP contribution in [-0.4, -0.2) is 18.6 Å². The van der Waals surface area contributed by atoms with Crippen LogP contribution in [0.25, 0.3) is 0 Å². The molecule has 1 aliphatic rings. The van der Waals surface area contributed by atoms with Crippen LogP contribution in [0.15, 0.2) is 24.3 Å². The molecule has 0 aromatic heterocycles. The van der Waals surface area contributed by atoms with Crippen molar-refractivity contribution >= 4 is 11.6 Å². The molecule has 0 heterocycles. The molecule has 0 fully saturated rings. The molecule has 0 aliphatic heterocycles. The van der Waals surface area contributed by atoms with E-state index in [1.807, 2.05) is 24.3 Å². The maximum Gasteiger partial charge on any atom is 0.0778 e. The maximum atomic E-state index is 5.55. The lowest BCUT2D eigenvalue weighted by molar-refractivity contribution is 0.104. The molecule has 0 saturated carbocycles. The summed E-state index contributed by atoms with van der Waals surface area (Å²) < 4.78 is 5.55. The van der Waals surface area contributed by atoms with Crippen LogP contribution in [0, 0.1) is 11.8 Å². The van der Waals surface area contributed by atoms with Gasteiger partial charge in [0.25, 0.3) is 0 Å². The number of hydrogen-bond acceptors (Lipinski definition) is 1. The first kappa shape index (κ1) is 10.4. The smallest absolute Gasteiger partial charge is 0.0778 e. The Morgan fingerprint density at radius 2 is 2.46 bits per heavy atom. The molecule has 0 saturated heterocycles. The topological polar surface area (TPSA) is 9.23 Å². The van der Waals surface area contributed by atoms with Gasteiger partial charge >= 0.3 is 0 Å². The van der Waals surface area contributed by atoms with Crippen molar-refractivity contribution in [1.82, 2.24) is 0 Å². The monoisotopic (exact) mass is 196 g/mol. The number of hydrogen-bond donors (Lipinski definition) is 0. The largest absolute Gasteiger partial charge is 0.370 e. The molecule has 0 aromatic rings. The summed E-state index contributed by atoms with van der Waals surface area (Å²) in [5.41, 5.74) is 0. The summed E-state index contributed by atoms with van der Waals surface area (Å²) in [6, 6.07) is 0. The SMILES string of the molecule is ClC/C=C/COC1C=CC#CCC1. The first-order chi connectivity index (χ1) is 6.43. The normalized spacial score (nSPS) is 21.2. The Morgan fingerprint density at radius 3 is 3.31 bits per heavy atom. The molecule has 1 rings (SSSR count). The second-order valence-electron chi connectivity index (χ2n) is 2.72. The van der Waals surface area contributed by atoms with Gasteiger partial charge in [-0.15, -0.1) is 11.6 Å². The molecule has 1 unspecified atom stereocenters. The molecular formula is C11H13ClO. The predicted molar refractivity (Wildman–Crippen MR) is 55.8 cm³/mol. The van der Waals surface area contributed by atoms with Gasteiger partial charge in [0.2, 0.25) is 0 Å². The molecule has 0 amide bonds. The van der Waals surface area contributed by atoms with E-state index < -0.39 is 0 Å². The molecule has 0 spiro atoms. The Kier molecular flexibility index (Phi) is 5.40. The van der Waals surface area contributed by atoms with E-state index >= 15 is 0 Å². The molecule has 70 valence electrons. The molecule has 1 nitrogen and oxygen atoms in total.